The number of carbonyl (C=O) groups is 2. The molecule has 0 aromatic carbocycles. The molecule has 1 aromatic rings. The van der Waals surface area contributed by atoms with Crippen molar-refractivity contribution in [3.8, 4) is 0 Å². The first-order valence-corrected chi connectivity index (χ1v) is 12.9. The highest BCUT2D eigenvalue weighted by Gasteiger charge is 2.49. The van der Waals surface area contributed by atoms with Crippen LogP contribution < -0.4 is 5.32 Å². The van der Waals surface area contributed by atoms with Crippen LogP contribution >= 0.6 is 0 Å². The summed E-state index contributed by atoms with van der Waals surface area (Å²) in [6.07, 6.45) is 15.4. The molecule has 0 bridgehead atoms. The molecule has 4 aliphatic rings. The molecular weight excluding hydrogens is 400 g/mol. The second kappa shape index (κ2) is 9.90. The quantitative estimate of drug-likeness (QED) is 0.737. The number of pyridine rings is 1. The van der Waals surface area contributed by atoms with E-state index in [1.54, 1.807) is 12.4 Å². The summed E-state index contributed by atoms with van der Waals surface area (Å²) in [5.41, 5.74) is 0.693. The van der Waals surface area contributed by atoms with Crippen LogP contribution in [0.4, 0.5) is 0 Å². The molecule has 0 radical (unpaired) electrons. The number of likely N-dealkylation sites (tertiary alicyclic amines) is 1. The molecule has 5 rings (SSSR count). The van der Waals surface area contributed by atoms with E-state index in [2.05, 4.69) is 20.1 Å². The standard InChI is InChI=1S/C26H38N4O2/c31-24(28-21-9-1-2-10-21)13-3-12-23-22-11-6-16-29-15-5-8-20(25(22)29)18-30(23)26(32)19-7-4-14-27-17-19/h4,7,14,17,20-23,25H,1-3,5-6,8-13,15-16,18H2,(H,28,31)/t20-,22+,23+,25-/m0/s1. The fourth-order valence-corrected chi connectivity index (χ4v) is 7.10. The molecule has 174 valence electrons. The Morgan fingerprint density at radius 3 is 2.66 bits per heavy atom. The van der Waals surface area contributed by atoms with Crippen molar-refractivity contribution in [1.29, 1.82) is 0 Å². The summed E-state index contributed by atoms with van der Waals surface area (Å²) in [5.74, 6) is 1.43. The number of hydrogen-bond donors (Lipinski definition) is 1. The number of nitrogens with zero attached hydrogens (tertiary/aromatic N) is 3. The van der Waals surface area contributed by atoms with Crippen molar-refractivity contribution in [2.75, 3.05) is 19.6 Å². The van der Waals surface area contributed by atoms with Crippen molar-refractivity contribution >= 4 is 11.8 Å². The summed E-state index contributed by atoms with van der Waals surface area (Å²) in [7, 11) is 0. The lowest BCUT2D eigenvalue weighted by atomic mass is 9.69. The summed E-state index contributed by atoms with van der Waals surface area (Å²) < 4.78 is 0. The summed E-state index contributed by atoms with van der Waals surface area (Å²) in [4.78, 5) is 35.2. The van der Waals surface area contributed by atoms with Crippen LogP contribution in [-0.4, -0.2) is 64.4 Å². The maximum absolute atomic E-state index is 13.6. The van der Waals surface area contributed by atoms with Gasteiger partial charge in [-0.25, -0.2) is 0 Å². The number of piperidine rings is 3. The van der Waals surface area contributed by atoms with Crippen LogP contribution in [0.1, 0.15) is 81.0 Å². The Balaban J connectivity index is 1.30. The van der Waals surface area contributed by atoms with E-state index in [1.165, 1.54) is 51.6 Å². The molecular formula is C26H38N4O2. The summed E-state index contributed by atoms with van der Waals surface area (Å²) in [6.45, 7) is 3.28. The molecule has 6 heteroatoms. The number of rotatable bonds is 6. The Hall–Kier alpha value is -1.95. The fourth-order valence-electron chi connectivity index (χ4n) is 7.10. The van der Waals surface area contributed by atoms with Crippen LogP contribution in [-0.2, 0) is 4.79 Å². The highest BCUT2D eigenvalue weighted by Crippen LogP contribution is 2.43. The van der Waals surface area contributed by atoms with Crippen LogP contribution in [0.5, 0.6) is 0 Å². The Morgan fingerprint density at radius 1 is 1.06 bits per heavy atom. The fraction of sp³-hybridized carbons (Fsp3) is 0.731. The Labute approximate surface area is 192 Å². The zero-order valence-corrected chi connectivity index (χ0v) is 19.3. The lowest BCUT2D eigenvalue weighted by Gasteiger charge is -2.57. The average molecular weight is 439 g/mol. The lowest BCUT2D eigenvalue weighted by Crippen LogP contribution is -2.65. The molecule has 0 spiro atoms. The molecule has 32 heavy (non-hydrogen) atoms. The maximum atomic E-state index is 13.6. The largest absolute Gasteiger partial charge is 0.353 e. The van der Waals surface area contributed by atoms with Gasteiger partial charge in [0, 0.05) is 43.5 Å². The van der Waals surface area contributed by atoms with Crippen molar-refractivity contribution in [3.63, 3.8) is 0 Å². The molecule has 3 aliphatic heterocycles. The predicted molar refractivity (Wildman–Crippen MR) is 124 cm³/mol. The smallest absolute Gasteiger partial charge is 0.255 e. The Morgan fingerprint density at radius 2 is 1.88 bits per heavy atom. The SMILES string of the molecule is O=C(CCC[C@@H]1[C@H]2CCCN3CCC[C@@H](CN1C(=O)c1cccnc1)[C@@H]23)NC1CCCC1. The zero-order chi connectivity index (χ0) is 21.9. The van der Waals surface area contributed by atoms with E-state index in [-0.39, 0.29) is 17.9 Å². The molecule has 6 nitrogen and oxygen atoms in total. The van der Waals surface area contributed by atoms with E-state index in [0.29, 0.717) is 35.9 Å². The third-order valence-electron chi connectivity index (χ3n) is 8.47. The molecule has 3 saturated heterocycles. The highest BCUT2D eigenvalue weighted by molar-refractivity contribution is 5.94. The number of aromatic nitrogens is 1. The van der Waals surface area contributed by atoms with Crippen LogP contribution in [0, 0.1) is 11.8 Å². The molecule has 1 aromatic heterocycles. The lowest BCUT2D eigenvalue weighted by molar-refractivity contribution is -0.122. The van der Waals surface area contributed by atoms with Gasteiger partial charge in [0.05, 0.1) is 5.56 Å². The van der Waals surface area contributed by atoms with E-state index < -0.39 is 0 Å². The van der Waals surface area contributed by atoms with Crippen molar-refractivity contribution in [2.24, 2.45) is 11.8 Å². The minimum Gasteiger partial charge on any atom is -0.353 e. The topological polar surface area (TPSA) is 65.5 Å². The summed E-state index contributed by atoms with van der Waals surface area (Å²) in [6, 6.07) is 4.97. The molecule has 4 fully saturated rings. The maximum Gasteiger partial charge on any atom is 0.255 e. The van der Waals surface area contributed by atoms with Gasteiger partial charge in [-0.05, 0) is 88.4 Å². The highest BCUT2D eigenvalue weighted by atomic mass is 16.2. The van der Waals surface area contributed by atoms with E-state index in [4.69, 9.17) is 0 Å². The second-order valence-electron chi connectivity index (χ2n) is 10.4. The van der Waals surface area contributed by atoms with Gasteiger partial charge < -0.3 is 10.2 Å². The van der Waals surface area contributed by atoms with Gasteiger partial charge in [0.25, 0.3) is 5.91 Å². The molecule has 1 N–H and O–H groups in total. The number of nitrogens with one attached hydrogen (secondary N) is 1. The van der Waals surface area contributed by atoms with Crippen LogP contribution in [0.2, 0.25) is 0 Å². The first kappa shape index (κ1) is 21.9. The number of amides is 2. The molecule has 1 saturated carbocycles. The Kier molecular flexibility index (Phi) is 6.77. The van der Waals surface area contributed by atoms with E-state index in [1.807, 2.05) is 12.1 Å². The van der Waals surface area contributed by atoms with Gasteiger partial charge in [-0.2, -0.15) is 0 Å². The molecule has 4 atom stereocenters. The van der Waals surface area contributed by atoms with Gasteiger partial charge in [0.2, 0.25) is 5.91 Å². The van der Waals surface area contributed by atoms with Gasteiger partial charge in [0.15, 0.2) is 0 Å². The van der Waals surface area contributed by atoms with Crippen molar-refractivity contribution in [3.05, 3.63) is 30.1 Å². The number of hydrogen-bond acceptors (Lipinski definition) is 4. The van der Waals surface area contributed by atoms with Gasteiger partial charge in [-0.3, -0.25) is 19.5 Å². The summed E-state index contributed by atoms with van der Waals surface area (Å²) >= 11 is 0. The molecule has 0 unspecified atom stereocenters. The van der Waals surface area contributed by atoms with Gasteiger partial charge >= 0.3 is 0 Å². The summed E-state index contributed by atoms with van der Waals surface area (Å²) in [5, 5.41) is 3.23. The Bertz CT molecular complexity index is 792. The third kappa shape index (κ3) is 4.57. The van der Waals surface area contributed by atoms with Crippen molar-refractivity contribution in [2.45, 2.75) is 88.8 Å². The van der Waals surface area contributed by atoms with Crippen molar-refractivity contribution in [1.82, 2.24) is 20.1 Å². The first-order valence-electron chi connectivity index (χ1n) is 12.9. The minimum absolute atomic E-state index is 0.125. The van der Waals surface area contributed by atoms with Gasteiger partial charge in [0.1, 0.15) is 0 Å². The average Bonchev–Trinajstić information content (AvgIpc) is 3.33. The molecule has 2 amide bonds. The monoisotopic (exact) mass is 438 g/mol. The molecule has 4 heterocycles. The zero-order valence-electron chi connectivity index (χ0n) is 19.3. The van der Waals surface area contributed by atoms with Gasteiger partial charge in [-0.15, -0.1) is 0 Å². The second-order valence-corrected chi connectivity index (χ2v) is 10.4. The van der Waals surface area contributed by atoms with E-state index >= 15 is 0 Å². The van der Waals surface area contributed by atoms with Crippen LogP contribution in [0.3, 0.4) is 0 Å². The van der Waals surface area contributed by atoms with Crippen molar-refractivity contribution < 1.29 is 9.59 Å². The number of carbonyl (C=O) groups excluding carboxylic acids is 2. The predicted octanol–water partition coefficient (Wildman–Crippen LogP) is 3.63. The van der Waals surface area contributed by atoms with Gasteiger partial charge in [-0.1, -0.05) is 12.8 Å². The van der Waals surface area contributed by atoms with Crippen LogP contribution in [0.25, 0.3) is 0 Å². The third-order valence-corrected chi connectivity index (χ3v) is 8.47. The van der Waals surface area contributed by atoms with E-state index in [9.17, 15) is 9.59 Å². The van der Waals surface area contributed by atoms with E-state index in [0.717, 1.165) is 32.2 Å². The molecule has 1 aliphatic carbocycles. The normalized spacial score (nSPS) is 30.7. The first-order chi connectivity index (χ1) is 15.7. The minimum atomic E-state index is 0.125. The van der Waals surface area contributed by atoms with Crippen LogP contribution in [0.15, 0.2) is 24.5 Å².